The fourth-order valence-corrected chi connectivity index (χ4v) is 0.556. The maximum Gasteiger partial charge on any atom is 0.356 e. The Morgan fingerprint density at radius 2 is 2.56 bits per heavy atom. The molecule has 0 spiro atoms. The number of esters is 1. The van der Waals surface area contributed by atoms with Crippen LogP contribution in [0.25, 0.3) is 0 Å². The molecule has 5 heteroatoms. The molecule has 1 rings (SSSR count). The number of hydrogen-bond donors (Lipinski definition) is 0. The number of nitrogens with zero attached hydrogens (tertiary/aromatic N) is 1. The van der Waals surface area contributed by atoms with Gasteiger partial charge in [0, 0.05) is 0 Å². The molecule has 0 aromatic heterocycles. The molecule has 0 saturated carbocycles. The van der Waals surface area contributed by atoms with Gasteiger partial charge in [0.1, 0.15) is 0 Å². The van der Waals surface area contributed by atoms with E-state index in [1.54, 1.807) is 0 Å². The number of ether oxygens (including phenoxy) is 1. The van der Waals surface area contributed by atoms with Crippen molar-refractivity contribution in [2.45, 2.75) is 12.6 Å². The molecular formula is C4H4NO4. The second-order valence-electron chi connectivity index (χ2n) is 1.62. The molecule has 49 valence electrons. The molecule has 0 aliphatic carbocycles. The third-order valence-corrected chi connectivity index (χ3v) is 0.973. The van der Waals surface area contributed by atoms with Crippen LogP contribution in [0.15, 0.2) is 0 Å². The number of carbonyl (C=O) groups is 1. The van der Waals surface area contributed by atoms with E-state index in [0.717, 1.165) is 6.42 Å². The standard InChI is InChI=1S/C4H4NO4/c6-4-2-1-3(9-4)5(7)8/h2-3H,1H2. The summed E-state index contributed by atoms with van der Waals surface area (Å²) >= 11 is 0. The van der Waals surface area contributed by atoms with E-state index in [1.165, 1.54) is 0 Å². The van der Waals surface area contributed by atoms with E-state index < -0.39 is 17.1 Å². The van der Waals surface area contributed by atoms with Crippen molar-refractivity contribution in [2.75, 3.05) is 0 Å². The quantitative estimate of drug-likeness (QED) is 0.278. The first kappa shape index (κ1) is 6.00. The monoisotopic (exact) mass is 130 g/mol. The summed E-state index contributed by atoms with van der Waals surface area (Å²) in [5.74, 6) is -0.600. The van der Waals surface area contributed by atoms with Crippen LogP contribution in [0.3, 0.4) is 0 Å². The van der Waals surface area contributed by atoms with E-state index in [4.69, 9.17) is 0 Å². The summed E-state index contributed by atoms with van der Waals surface area (Å²) in [5.41, 5.74) is 0. The van der Waals surface area contributed by atoms with Gasteiger partial charge in [0.25, 0.3) is 0 Å². The summed E-state index contributed by atoms with van der Waals surface area (Å²) in [7, 11) is 0. The highest BCUT2D eigenvalue weighted by atomic mass is 16.7. The third kappa shape index (κ3) is 1.16. The Labute approximate surface area is 50.8 Å². The van der Waals surface area contributed by atoms with Crippen molar-refractivity contribution in [3.05, 3.63) is 16.5 Å². The lowest BCUT2D eigenvalue weighted by Gasteiger charge is -1.96. The van der Waals surface area contributed by atoms with E-state index in [-0.39, 0.29) is 6.42 Å². The lowest BCUT2D eigenvalue weighted by Crippen LogP contribution is -2.17. The van der Waals surface area contributed by atoms with Crippen LogP contribution in [0.4, 0.5) is 0 Å². The van der Waals surface area contributed by atoms with Crippen LogP contribution < -0.4 is 0 Å². The Bertz CT molecular complexity index is 155. The highest BCUT2D eigenvalue weighted by Crippen LogP contribution is 2.11. The van der Waals surface area contributed by atoms with Gasteiger partial charge >= 0.3 is 12.2 Å². The van der Waals surface area contributed by atoms with Crippen LogP contribution in [-0.2, 0) is 9.53 Å². The summed E-state index contributed by atoms with van der Waals surface area (Å²) in [4.78, 5) is 19.4. The highest BCUT2D eigenvalue weighted by Gasteiger charge is 2.32. The van der Waals surface area contributed by atoms with Crippen LogP contribution in [-0.4, -0.2) is 17.1 Å². The molecule has 9 heavy (non-hydrogen) atoms. The van der Waals surface area contributed by atoms with Gasteiger partial charge in [-0.15, -0.1) is 0 Å². The summed E-state index contributed by atoms with van der Waals surface area (Å²) in [5, 5.41) is 9.86. The lowest BCUT2D eigenvalue weighted by atomic mass is 10.3. The summed E-state index contributed by atoms with van der Waals surface area (Å²) in [6.45, 7) is 0. The molecule has 1 aliphatic heterocycles. The minimum absolute atomic E-state index is 0.0891. The second kappa shape index (κ2) is 2.00. The van der Waals surface area contributed by atoms with Gasteiger partial charge in [0.2, 0.25) is 0 Å². The average molecular weight is 130 g/mol. The van der Waals surface area contributed by atoms with Crippen molar-refractivity contribution in [1.29, 1.82) is 0 Å². The van der Waals surface area contributed by atoms with Crippen molar-refractivity contribution in [1.82, 2.24) is 0 Å². The maximum absolute atomic E-state index is 10.2. The van der Waals surface area contributed by atoms with Gasteiger partial charge in [-0.25, -0.2) is 0 Å². The summed E-state index contributed by atoms with van der Waals surface area (Å²) < 4.78 is 4.23. The van der Waals surface area contributed by atoms with E-state index >= 15 is 0 Å². The van der Waals surface area contributed by atoms with Crippen LogP contribution in [0, 0.1) is 16.5 Å². The Morgan fingerprint density at radius 3 is 2.78 bits per heavy atom. The fraction of sp³-hybridized carbons (Fsp3) is 0.500. The van der Waals surface area contributed by atoms with Crippen LogP contribution in [0.2, 0.25) is 0 Å². The molecule has 0 N–H and O–H groups in total. The van der Waals surface area contributed by atoms with E-state index in [9.17, 15) is 14.9 Å². The largest absolute Gasteiger partial charge is 0.398 e. The minimum atomic E-state index is -1.14. The van der Waals surface area contributed by atoms with E-state index in [1.807, 2.05) is 0 Å². The van der Waals surface area contributed by atoms with Crippen LogP contribution in [0.1, 0.15) is 6.42 Å². The lowest BCUT2D eigenvalue weighted by molar-refractivity contribution is -0.563. The highest BCUT2D eigenvalue weighted by molar-refractivity contribution is 5.80. The van der Waals surface area contributed by atoms with Crippen molar-refractivity contribution in [3.8, 4) is 0 Å². The van der Waals surface area contributed by atoms with Crippen LogP contribution in [0.5, 0.6) is 0 Å². The normalized spacial score (nSPS) is 25.8. The van der Waals surface area contributed by atoms with E-state index in [0.29, 0.717) is 0 Å². The first-order valence-electron chi connectivity index (χ1n) is 2.37. The smallest absolute Gasteiger partial charge is 0.356 e. The Kier molecular flexibility index (Phi) is 1.33. The topological polar surface area (TPSA) is 69.4 Å². The average Bonchev–Trinajstić information content (AvgIpc) is 2.14. The summed E-state index contributed by atoms with van der Waals surface area (Å²) in [6.07, 6.45) is 0.108. The number of cyclic esters (lactones) is 1. The predicted octanol–water partition coefficient (Wildman–Crippen LogP) is -0.260. The summed E-state index contributed by atoms with van der Waals surface area (Å²) in [6, 6.07) is 0. The molecule has 5 nitrogen and oxygen atoms in total. The van der Waals surface area contributed by atoms with E-state index in [2.05, 4.69) is 4.74 Å². The van der Waals surface area contributed by atoms with Gasteiger partial charge in [-0.1, -0.05) is 0 Å². The molecule has 1 heterocycles. The SMILES string of the molecule is O=C1[CH]CC([N+](=O)[O-])O1. The Morgan fingerprint density at radius 1 is 1.89 bits per heavy atom. The molecule has 0 bridgehead atoms. The van der Waals surface area contributed by atoms with Crippen molar-refractivity contribution in [3.63, 3.8) is 0 Å². The first-order chi connectivity index (χ1) is 4.20. The molecule has 1 atom stereocenters. The molecule has 0 amide bonds. The zero-order chi connectivity index (χ0) is 6.85. The van der Waals surface area contributed by atoms with Gasteiger partial charge in [-0.05, 0) is 0 Å². The van der Waals surface area contributed by atoms with Gasteiger partial charge in [0.05, 0.1) is 17.8 Å². The minimum Gasteiger partial charge on any atom is -0.398 e. The van der Waals surface area contributed by atoms with Crippen molar-refractivity contribution >= 4 is 5.97 Å². The van der Waals surface area contributed by atoms with Crippen molar-refractivity contribution < 1.29 is 14.5 Å². The molecule has 1 fully saturated rings. The first-order valence-corrected chi connectivity index (χ1v) is 2.37. The number of rotatable bonds is 1. The number of nitro groups is 1. The second-order valence-corrected chi connectivity index (χ2v) is 1.62. The zero-order valence-electron chi connectivity index (χ0n) is 4.44. The predicted molar refractivity (Wildman–Crippen MR) is 25.8 cm³/mol. The molecule has 1 saturated heterocycles. The molecule has 1 unspecified atom stereocenters. The number of carbonyl (C=O) groups excluding carboxylic acids is 1. The molecule has 0 aromatic carbocycles. The Hall–Kier alpha value is -1.13. The van der Waals surface area contributed by atoms with Gasteiger partial charge in [-0.3, -0.25) is 14.9 Å². The maximum atomic E-state index is 10.2. The van der Waals surface area contributed by atoms with Gasteiger partial charge < -0.3 is 4.74 Å². The van der Waals surface area contributed by atoms with Crippen molar-refractivity contribution in [2.24, 2.45) is 0 Å². The molecular weight excluding hydrogens is 126 g/mol. The third-order valence-electron chi connectivity index (χ3n) is 0.973. The van der Waals surface area contributed by atoms with Crippen LogP contribution >= 0.6 is 0 Å². The molecule has 1 aliphatic rings. The van der Waals surface area contributed by atoms with Gasteiger partial charge in [-0.2, -0.15) is 0 Å². The molecule has 0 aromatic rings. The number of hydrogen-bond acceptors (Lipinski definition) is 4. The Balaban J connectivity index is 2.48. The van der Waals surface area contributed by atoms with Gasteiger partial charge in [0.15, 0.2) is 0 Å². The zero-order valence-corrected chi connectivity index (χ0v) is 4.44. The fourth-order valence-electron chi connectivity index (χ4n) is 0.556. The molecule has 1 radical (unpaired) electrons.